The number of nitrogens with one attached hydrogen (secondary N) is 1. The van der Waals surface area contributed by atoms with E-state index in [0.29, 0.717) is 13.0 Å². The topological polar surface area (TPSA) is 38.3 Å². The van der Waals surface area contributed by atoms with E-state index in [0.717, 1.165) is 33.5 Å². The normalized spacial score (nSPS) is 10.5. The number of thioether (sulfide) groups is 2. The summed E-state index contributed by atoms with van der Waals surface area (Å²) in [5.74, 6) is 2.34. The minimum Gasteiger partial charge on any atom is -0.497 e. The summed E-state index contributed by atoms with van der Waals surface area (Å²) in [6.45, 7) is 0.667. The summed E-state index contributed by atoms with van der Waals surface area (Å²) in [5, 5.41) is 2.94. The highest BCUT2D eigenvalue weighted by Gasteiger charge is 2.02. The molecule has 1 amide bonds. The molecule has 0 heterocycles. The quantitative estimate of drug-likeness (QED) is 0.483. The van der Waals surface area contributed by atoms with Crippen LogP contribution in [0.15, 0.2) is 58.3 Å². The fraction of sp³-hybridized carbons (Fsp3) is 0.316. The van der Waals surface area contributed by atoms with E-state index in [2.05, 4.69) is 5.32 Å². The molecule has 3 nitrogen and oxygen atoms in total. The number of halogens is 1. The Hall–Kier alpha value is -1.66. The van der Waals surface area contributed by atoms with Gasteiger partial charge in [0.25, 0.3) is 0 Å². The zero-order valence-corrected chi connectivity index (χ0v) is 15.8. The number of amides is 1. The van der Waals surface area contributed by atoms with Crippen molar-refractivity contribution < 1.29 is 13.9 Å². The third kappa shape index (κ3) is 7.84. The molecule has 0 aliphatic rings. The Kier molecular flexibility index (Phi) is 8.69. The van der Waals surface area contributed by atoms with Crippen LogP contribution in [0.25, 0.3) is 0 Å². The van der Waals surface area contributed by atoms with Crippen LogP contribution < -0.4 is 10.1 Å². The van der Waals surface area contributed by atoms with Crippen molar-refractivity contribution in [3.8, 4) is 5.75 Å². The van der Waals surface area contributed by atoms with E-state index in [1.165, 1.54) is 12.1 Å². The molecule has 2 aromatic carbocycles. The van der Waals surface area contributed by atoms with Crippen LogP contribution in [0.5, 0.6) is 5.75 Å². The Morgan fingerprint density at radius 2 is 1.60 bits per heavy atom. The van der Waals surface area contributed by atoms with Gasteiger partial charge in [-0.15, -0.1) is 23.5 Å². The standard InChI is InChI=1S/C19H22FNO2S2/c1-23-16-5-9-18(10-6-16)25-14-11-19(22)21-12-2-13-24-17-7-3-15(20)4-8-17/h3-10H,2,11-14H2,1H3,(H,21,22). The molecular weight excluding hydrogens is 357 g/mol. The number of carbonyl (C=O) groups is 1. The molecule has 0 fully saturated rings. The smallest absolute Gasteiger partial charge is 0.220 e. The van der Waals surface area contributed by atoms with E-state index < -0.39 is 0 Å². The van der Waals surface area contributed by atoms with E-state index in [1.807, 2.05) is 24.3 Å². The second-order valence-electron chi connectivity index (χ2n) is 5.28. The van der Waals surface area contributed by atoms with Crippen molar-refractivity contribution in [3.05, 3.63) is 54.3 Å². The summed E-state index contributed by atoms with van der Waals surface area (Å²) in [6, 6.07) is 14.3. The number of hydrogen-bond acceptors (Lipinski definition) is 4. The average molecular weight is 380 g/mol. The van der Waals surface area contributed by atoms with Crippen molar-refractivity contribution in [2.75, 3.05) is 25.2 Å². The third-order valence-electron chi connectivity index (χ3n) is 3.38. The van der Waals surface area contributed by atoms with Gasteiger partial charge in [0, 0.05) is 28.5 Å². The molecule has 2 aromatic rings. The van der Waals surface area contributed by atoms with Crippen LogP contribution >= 0.6 is 23.5 Å². The molecule has 0 unspecified atom stereocenters. The van der Waals surface area contributed by atoms with Crippen LogP contribution in [0, 0.1) is 5.82 Å². The predicted molar refractivity (Wildman–Crippen MR) is 103 cm³/mol. The summed E-state index contributed by atoms with van der Waals surface area (Å²) in [6.07, 6.45) is 1.39. The first-order chi connectivity index (χ1) is 12.2. The highest BCUT2D eigenvalue weighted by Crippen LogP contribution is 2.22. The second-order valence-corrected chi connectivity index (χ2v) is 7.62. The molecule has 6 heteroatoms. The van der Waals surface area contributed by atoms with Crippen LogP contribution in [-0.2, 0) is 4.79 Å². The molecule has 0 bridgehead atoms. The zero-order valence-electron chi connectivity index (χ0n) is 14.2. The van der Waals surface area contributed by atoms with Crippen molar-refractivity contribution in [2.45, 2.75) is 22.6 Å². The fourth-order valence-electron chi connectivity index (χ4n) is 2.04. The Labute approximate surface area is 156 Å². The second kappa shape index (κ2) is 11.1. The molecule has 0 spiro atoms. The van der Waals surface area contributed by atoms with Gasteiger partial charge in [0.2, 0.25) is 5.91 Å². The van der Waals surface area contributed by atoms with Gasteiger partial charge in [-0.25, -0.2) is 4.39 Å². The van der Waals surface area contributed by atoms with Crippen LogP contribution in [-0.4, -0.2) is 31.1 Å². The maximum Gasteiger partial charge on any atom is 0.220 e. The number of carbonyl (C=O) groups excluding carboxylic acids is 1. The minimum absolute atomic E-state index is 0.0767. The highest BCUT2D eigenvalue weighted by atomic mass is 32.2. The van der Waals surface area contributed by atoms with E-state index in [1.54, 1.807) is 42.8 Å². The minimum atomic E-state index is -0.218. The van der Waals surface area contributed by atoms with Gasteiger partial charge in [0.15, 0.2) is 0 Å². The summed E-state index contributed by atoms with van der Waals surface area (Å²) < 4.78 is 17.9. The molecule has 0 atom stereocenters. The monoisotopic (exact) mass is 379 g/mol. The Bertz CT molecular complexity index is 647. The van der Waals surface area contributed by atoms with Gasteiger partial charge >= 0.3 is 0 Å². The number of ether oxygens (including phenoxy) is 1. The average Bonchev–Trinajstić information content (AvgIpc) is 2.63. The van der Waals surface area contributed by atoms with Crippen LogP contribution in [0.4, 0.5) is 4.39 Å². The van der Waals surface area contributed by atoms with Gasteiger partial charge in [-0.1, -0.05) is 0 Å². The molecule has 2 rings (SSSR count). The largest absolute Gasteiger partial charge is 0.497 e. The van der Waals surface area contributed by atoms with Crippen molar-refractivity contribution >= 4 is 29.4 Å². The Morgan fingerprint density at radius 1 is 1.00 bits per heavy atom. The summed E-state index contributed by atoms with van der Waals surface area (Å²) in [7, 11) is 1.64. The Balaban J connectivity index is 1.52. The predicted octanol–water partition coefficient (Wildman–Crippen LogP) is 4.62. The van der Waals surface area contributed by atoms with E-state index >= 15 is 0 Å². The van der Waals surface area contributed by atoms with Crippen LogP contribution in [0.1, 0.15) is 12.8 Å². The number of hydrogen-bond donors (Lipinski definition) is 1. The molecule has 0 aromatic heterocycles. The lowest BCUT2D eigenvalue weighted by atomic mass is 10.3. The fourth-order valence-corrected chi connectivity index (χ4v) is 3.75. The number of benzene rings is 2. The highest BCUT2D eigenvalue weighted by molar-refractivity contribution is 7.99. The van der Waals surface area contributed by atoms with Gasteiger partial charge in [-0.2, -0.15) is 0 Å². The van der Waals surface area contributed by atoms with Gasteiger partial charge in [0.05, 0.1) is 7.11 Å². The third-order valence-corrected chi connectivity index (χ3v) is 5.49. The molecule has 134 valence electrons. The lowest BCUT2D eigenvalue weighted by Gasteiger charge is -2.06. The maximum atomic E-state index is 12.8. The van der Waals surface area contributed by atoms with Gasteiger partial charge < -0.3 is 10.1 Å². The molecule has 0 saturated carbocycles. The zero-order chi connectivity index (χ0) is 17.9. The summed E-state index contributed by atoms with van der Waals surface area (Å²) >= 11 is 3.33. The van der Waals surface area contributed by atoms with Crippen molar-refractivity contribution in [1.82, 2.24) is 5.32 Å². The van der Waals surface area contributed by atoms with Crippen LogP contribution in [0.3, 0.4) is 0 Å². The molecule has 0 saturated heterocycles. The molecule has 1 N–H and O–H groups in total. The number of methoxy groups -OCH3 is 1. The van der Waals surface area contributed by atoms with Gasteiger partial charge in [0.1, 0.15) is 11.6 Å². The van der Waals surface area contributed by atoms with Crippen molar-refractivity contribution in [2.24, 2.45) is 0 Å². The molecule has 25 heavy (non-hydrogen) atoms. The van der Waals surface area contributed by atoms with Crippen molar-refractivity contribution in [3.63, 3.8) is 0 Å². The lowest BCUT2D eigenvalue weighted by Crippen LogP contribution is -2.24. The number of rotatable bonds is 10. The molecule has 0 aliphatic carbocycles. The summed E-state index contributed by atoms with van der Waals surface area (Å²) in [4.78, 5) is 14.0. The molecular formula is C19H22FNO2S2. The lowest BCUT2D eigenvalue weighted by molar-refractivity contribution is -0.120. The first kappa shape index (κ1) is 19.7. The summed E-state index contributed by atoms with van der Waals surface area (Å²) in [5.41, 5.74) is 0. The molecule has 0 aliphatic heterocycles. The molecule has 0 radical (unpaired) electrons. The first-order valence-corrected chi connectivity index (χ1v) is 10.1. The van der Waals surface area contributed by atoms with Crippen LogP contribution in [0.2, 0.25) is 0 Å². The van der Waals surface area contributed by atoms with E-state index in [4.69, 9.17) is 4.74 Å². The Morgan fingerprint density at radius 3 is 2.24 bits per heavy atom. The van der Waals surface area contributed by atoms with Crippen molar-refractivity contribution in [1.29, 1.82) is 0 Å². The SMILES string of the molecule is COc1ccc(SCCC(=O)NCCCSc2ccc(F)cc2)cc1. The maximum absolute atomic E-state index is 12.8. The first-order valence-electron chi connectivity index (χ1n) is 8.09. The van der Waals surface area contributed by atoms with Gasteiger partial charge in [-0.3, -0.25) is 4.79 Å². The van der Waals surface area contributed by atoms with E-state index in [-0.39, 0.29) is 11.7 Å². The van der Waals surface area contributed by atoms with E-state index in [9.17, 15) is 9.18 Å². The van der Waals surface area contributed by atoms with Gasteiger partial charge in [-0.05, 0) is 60.7 Å².